The van der Waals surface area contributed by atoms with Gasteiger partial charge in [0.2, 0.25) is 10.0 Å². The van der Waals surface area contributed by atoms with Crippen molar-refractivity contribution in [1.29, 1.82) is 0 Å². The molecule has 0 saturated carbocycles. The molecule has 0 bridgehead atoms. The second kappa shape index (κ2) is 8.02. The Bertz CT molecular complexity index is 556. The lowest BCUT2D eigenvalue weighted by Gasteiger charge is -2.07. The van der Waals surface area contributed by atoms with Crippen molar-refractivity contribution in [2.24, 2.45) is 5.14 Å². The van der Waals surface area contributed by atoms with E-state index < -0.39 is 16.0 Å². The molecule has 1 aromatic carbocycles. The molecule has 0 unspecified atom stereocenters. The lowest BCUT2D eigenvalue weighted by molar-refractivity contribution is -0.492. The highest BCUT2D eigenvalue weighted by molar-refractivity contribution is 7.89. The van der Waals surface area contributed by atoms with E-state index >= 15 is 0 Å². The molecule has 0 aliphatic rings. The lowest BCUT2D eigenvalue weighted by Crippen LogP contribution is -2.15. The Balaban J connectivity index is 2.36. The highest BCUT2D eigenvalue weighted by atomic mass is 32.2. The molecule has 0 aliphatic carbocycles. The van der Waals surface area contributed by atoms with E-state index in [4.69, 9.17) is 20.3 Å². The van der Waals surface area contributed by atoms with Crippen LogP contribution in [0.4, 0.5) is 0 Å². The van der Waals surface area contributed by atoms with E-state index in [0.717, 1.165) is 0 Å². The first-order chi connectivity index (χ1) is 9.80. The van der Waals surface area contributed by atoms with Crippen LogP contribution in [0.25, 0.3) is 0 Å². The number of hydrogen-bond donors (Lipinski definition) is 3. The van der Waals surface area contributed by atoms with E-state index in [1.54, 1.807) is 0 Å². The molecular formula is C11H16N2O7S. The number of hydrogen-bond acceptors (Lipinski definition) is 8. The van der Waals surface area contributed by atoms with Gasteiger partial charge >= 0.3 is 5.97 Å². The predicted octanol–water partition coefficient (Wildman–Crippen LogP) is 0.283. The Kier molecular flexibility index (Phi) is 6.68. The SMILES string of the molecule is NS(=O)(=O)c1ccc(C(=O)OCCCCON(O)O)cc1. The number of rotatable bonds is 8. The normalized spacial score (nSPS) is 11.6. The largest absolute Gasteiger partial charge is 0.462 e. The molecule has 21 heavy (non-hydrogen) atoms. The van der Waals surface area contributed by atoms with Crippen molar-refractivity contribution in [2.75, 3.05) is 13.2 Å². The summed E-state index contributed by atoms with van der Waals surface area (Å²) in [6.07, 6.45) is 0.921. The maximum atomic E-state index is 11.6. The molecule has 0 aliphatic heterocycles. The van der Waals surface area contributed by atoms with Gasteiger partial charge in [0.25, 0.3) is 0 Å². The monoisotopic (exact) mass is 320 g/mol. The van der Waals surface area contributed by atoms with Crippen molar-refractivity contribution in [3.63, 3.8) is 0 Å². The molecule has 10 heteroatoms. The van der Waals surface area contributed by atoms with Crippen molar-refractivity contribution in [2.45, 2.75) is 17.7 Å². The molecule has 0 fully saturated rings. The van der Waals surface area contributed by atoms with Crippen LogP contribution in [0.15, 0.2) is 29.2 Å². The van der Waals surface area contributed by atoms with Gasteiger partial charge in [0.15, 0.2) is 0 Å². The first kappa shape index (κ1) is 17.5. The summed E-state index contributed by atoms with van der Waals surface area (Å²) in [5.74, 6) is -0.595. The molecule has 0 aromatic heterocycles. The quantitative estimate of drug-likeness (QED) is 0.352. The van der Waals surface area contributed by atoms with E-state index in [2.05, 4.69) is 4.84 Å². The fourth-order valence-electron chi connectivity index (χ4n) is 1.38. The first-order valence-electron chi connectivity index (χ1n) is 5.91. The Morgan fingerprint density at radius 1 is 1.14 bits per heavy atom. The van der Waals surface area contributed by atoms with E-state index in [1.807, 2.05) is 0 Å². The van der Waals surface area contributed by atoms with Crippen LogP contribution in [0.5, 0.6) is 0 Å². The Morgan fingerprint density at radius 3 is 2.24 bits per heavy atom. The topological polar surface area (TPSA) is 139 Å². The Labute approximate surface area is 121 Å². The number of ether oxygens (including phenoxy) is 1. The number of nitrogens with zero attached hydrogens (tertiary/aromatic N) is 1. The van der Waals surface area contributed by atoms with Crippen molar-refractivity contribution in [3.8, 4) is 0 Å². The summed E-state index contributed by atoms with van der Waals surface area (Å²) in [5, 5.41) is 21.1. The van der Waals surface area contributed by atoms with Crippen LogP contribution in [0, 0.1) is 0 Å². The number of benzene rings is 1. The number of esters is 1. The summed E-state index contributed by atoms with van der Waals surface area (Å²) in [6.45, 7) is 0.184. The highest BCUT2D eigenvalue weighted by Gasteiger charge is 2.11. The standard InChI is InChI=1S/C11H16N2O7S/c12-21(17,18)10-5-3-9(4-6-10)11(14)19-7-1-2-8-20-13(15)16/h3-6,15-16H,1-2,7-8H2,(H2,12,17,18). The van der Waals surface area contributed by atoms with Crippen LogP contribution in [-0.2, 0) is 19.6 Å². The summed E-state index contributed by atoms with van der Waals surface area (Å²) in [5.41, 5.74) is 0.204. The minimum absolute atomic E-state index is 0.0631. The van der Waals surface area contributed by atoms with Crippen LogP contribution < -0.4 is 5.14 Å². The molecule has 0 heterocycles. The van der Waals surface area contributed by atoms with Gasteiger partial charge in [-0.25, -0.2) is 18.4 Å². The average Bonchev–Trinajstić information content (AvgIpc) is 2.41. The molecule has 4 N–H and O–H groups in total. The number of carbonyl (C=O) groups is 1. The zero-order valence-electron chi connectivity index (χ0n) is 11.0. The molecule has 0 spiro atoms. The van der Waals surface area contributed by atoms with Crippen LogP contribution in [0.2, 0.25) is 0 Å². The van der Waals surface area contributed by atoms with Crippen molar-refractivity contribution in [1.82, 2.24) is 5.39 Å². The third kappa shape index (κ3) is 6.62. The van der Waals surface area contributed by atoms with Gasteiger partial charge in [-0.05, 0) is 37.1 Å². The second-order valence-electron chi connectivity index (χ2n) is 4.00. The van der Waals surface area contributed by atoms with Gasteiger partial charge in [-0.15, -0.1) is 0 Å². The van der Waals surface area contributed by atoms with Gasteiger partial charge in [-0.3, -0.25) is 15.3 Å². The van der Waals surface area contributed by atoms with Gasteiger partial charge in [0, 0.05) is 0 Å². The third-order valence-electron chi connectivity index (χ3n) is 2.40. The van der Waals surface area contributed by atoms with Gasteiger partial charge in [0.05, 0.1) is 29.1 Å². The summed E-state index contributed by atoms with van der Waals surface area (Å²) in [7, 11) is -3.79. The number of unbranched alkanes of at least 4 members (excludes halogenated alkanes) is 1. The zero-order chi connectivity index (χ0) is 15.9. The Hall–Kier alpha value is -1.56. The molecule has 0 radical (unpaired) electrons. The van der Waals surface area contributed by atoms with Crippen molar-refractivity contribution in [3.05, 3.63) is 29.8 Å². The highest BCUT2D eigenvalue weighted by Crippen LogP contribution is 2.10. The van der Waals surface area contributed by atoms with Gasteiger partial charge in [-0.2, -0.15) is 0 Å². The zero-order valence-corrected chi connectivity index (χ0v) is 11.8. The molecule has 118 valence electrons. The van der Waals surface area contributed by atoms with E-state index in [0.29, 0.717) is 12.8 Å². The van der Waals surface area contributed by atoms with Crippen molar-refractivity contribution >= 4 is 16.0 Å². The first-order valence-corrected chi connectivity index (χ1v) is 7.46. The smallest absolute Gasteiger partial charge is 0.338 e. The molecule has 1 rings (SSSR count). The van der Waals surface area contributed by atoms with E-state index in [1.165, 1.54) is 24.3 Å². The van der Waals surface area contributed by atoms with Crippen LogP contribution in [0.1, 0.15) is 23.2 Å². The van der Waals surface area contributed by atoms with Gasteiger partial charge in [-0.1, -0.05) is 0 Å². The van der Waals surface area contributed by atoms with Crippen LogP contribution in [-0.4, -0.2) is 43.4 Å². The fourth-order valence-corrected chi connectivity index (χ4v) is 1.89. The molecule has 0 amide bonds. The number of nitrogens with two attached hydrogens (primary N) is 1. The van der Waals surface area contributed by atoms with E-state index in [-0.39, 0.29) is 29.1 Å². The summed E-state index contributed by atoms with van der Waals surface area (Å²) < 4.78 is 27.0. The van der Waals surface area contributed by atoms with Gasteiger partial charge in [0.1, 0.15) is 0 Å². The second-order valence-corrected chi connectivity index (χ2v) is 5.56. The van der Waals surface area contributed by atoms with E-state index in [9.17, 15) is 13.2 Å². The minimum Gasteiger partial charge on any atom is -0.462 e. The Morgan fingerprint density at radius 2 is 1.71 bits per heavy atom. The maximum absolute atomic E-state index is 11.6. The number of sulfonamides is 1. The maximum Gasteiger partial charge on any atom is 0.338 e. The van der Waals surface area contributed by atoms with Gasteiger partial charge < -0.3 is 4.74 Å². The predicted molar refractivity (Wildman–Crippen MR) is 68.7 cm³/mol. The average molecular weight is 320 g/mol. The third-order valence-corrected chi connectivity index (χ3v) is 3.33. The summed E-state index contributed by atoms with van der Waals surface area (Å²) in [4.78, 5) is 15.8. The number of carbonyl (C=O) groups excluding carboxylic acids is 1. The molecule has 1 aromatic rings. The van der Waals surface area contributed by atoms with Crippen LogP contribution >= 0.6 is 0 Å². The number of primary sulfonamides is 1. The summed E-state index contributed by atoms with van der Waals surface area (Å²) in [6, 6.07) is 5.05. The molecule has 9 nitrogen and oxygen atoms in total. The van der Waals surface area contributed by atoms with Crippen molar-refractivity contribution < 1.29 is 33.2 Å². The van der Waals surface area contributed by atoms with Crippen LogP contribution in [0.3, 0.4) is 0 Å². The molecule has 0 saturated heterocycles. The lowest BCUT2D eigenvalue weighted by atomic mass is 10.2. The molecule has 0 atom stereocenters. The summed E-state index contributed by atoms with van der Waals surface area (Å²) >= 11 is 0. The fraction of sp³-hybridized carbons (Fsp3) is 0.364. The molecular weight excluding hydrogens is 304 g/mol. The minimum atomic E-state index is -3.79.